The van der Waals surface area contributed by atoms with Gasteiger partial charge in [0.05, 0.1) is 17.0 Å². The molecule has 0 aliphatic carbocycles. The van der Waals surface area contributed by atoms with Crippen molar-refractivity contribution < 1.29 is 23.9 Å². The van der Waals surface area contributed by atoms with E-state index in [0.717, 1.165) is 11.8 Å². The summed E-state index contributed by atoms with van der Waals surface area (Å²) < 4.78 is 10.9. The van der Waals surface area contributed by atoms with Crippen molar-refractivity contribution in [2.24, 2.45) is 0 Å². The first-order chi connectivity index (χ1) is 14.8. The number of nitrogens with one attached hydrogen (secondary N) is 1. The van der Waals surface area contributed by atoms with Crippen molar-refractivity contribution >= 4 is 52.2 Å². The zero-order chi connectivity index (χ0) is 22.5. The normalized spacial score (nSPS) is 15.0. The molecule has 1 heterocycles. The molecule has 0 radical (unpaired) electrons. The second kappa shape index (κ2) is 9.89. The van der Waals surface area contributed by atoms with Gasteiger partial charge in [0.1, 0.15) is 0 Å². The van der Waals surface area contributed by atoms with Gasteiger partial charge < -0.3 is 14.8 Å². The minimum Gasteiger partial charge on any atom is -0.493 e. The molecule has 1 aliphatic heterocycles. The summed E-state index contributed by atoms with van der Waals surface area (Å²) >= 11 is 7.23. The summed E-state index contributed by atoms with van der Waals surface area (Å²) in [5, 5.41) is 2.61. The summed E-state index contributed by atoms with van der Waals surface area (Å²) in [5.41, 5.74) is 1.22. The fourth-order valence-electron chi connectivity index (χ4n) is 2.90. The zero-order valence-electron chi connectivity index (χ0n) is 17.2. The van der Waals surface area contributed by atoms with Crippen molar-refractivity contribution in [3.8, 4) is 11.5 Å². The van der Waals surface area contributed by atoms with Gasteiger partial charge in [0.15, 0.2) is 18.1 Å². The lowest BCUT2D eigenvalue weighted by Gasteiger charge is -2.16. The molecule has 0 spiro atoms. The van der Waals surface area contributed by atoms with Gasteiger partial charge in [0.2, 0.25) is 0 Å². The van der Waals surface area contributed by atoms with Crippen LogP contribution in [0.1, 0.15) is 19.4 Å². The Morgan fingerprint density at radius 1 is 1.23 bits per heavy atom. The third kappa shape index (κ3) is 5.39. The molecule has 3 amide bonds. The first-order valence-corrected chi connectivity index (χ1v) is 10.6. The number of carbonyl (C=O) groups excluding carboxylic acids is 3. The van der Waals surface area contributed by atoms with E-state index in [4.69, 9.17) is 21.1 Å². The van der Waals surface area contributed by atoms with E-state index in [1.807, 2.05) is 18.2 Å². The number of carbonyl (C=O) groups is 3. The molecule has 7 nitrogen and oxygen atoms in total. The molecule has 1 fully saturated rings. The molecular formula is C22H21ClN2O5S. The highest BCUT2D eigenvalue weighted by atomic mass is 35.5. The molecule has 1 saturated heterocycles. The average Bonchev–Trinajstić information content (AvgIpc) is 3.00. The second-order valence-corrected chi connectivity index (χ2v) is 8.28. The van der Waals surface area contributed by atoms with Crippen LogP contribution in [0.2, 0.25) is 5.02 Å². The molecule has 31 heavy (non-hydrogen) atoms. The number of benzene rings is 2. The largest absolute Gasteiger partial charge is 0.493 e. The molecule has 0 saturated carbocycles. The number of halogens is 1. The third-order valence-electron chi connectivity index (χ3n) is 4.29. The number of hydrogen-bond acceptors (Lipinski definition) is 6. The molecule has 3 rings (SSSR count). The highest BCUT2D eigenvalue weighted by Gasteiger charge is 2.36. The van der Waals surface area contributed by atoms with Crippen LogP contribution in [0.5, 0.6) is 11.5 Å². The zero-order valence-corrected chi connectivity index (χ0v) is 18.8. The Labute approximate surface area is 189 Å². The quantitative estimate of drug-likeness (QED) is 0.597. The number of methoxy groups -OCH3 is 1. The number of ether oxygens (including phenoxy) is 2. The second-order valence-electron chi connectivity index (χ2n) is 6.88. The van der Waals surface area contributed by atoms with E-state index < -0.39 is 0 Å². The van der Waals surface area contributed by atoms with Crippen LogP contribution in [0.15, 0.2) is 47.4 Å². The Morgan fingerprint density at radius 3 is 2.55 bits per heavy atom. The van der Waals surface area contributed by atoms with Crippen molar-refractivity contribution in [2.75, 3.05) is 19.0 Å². The van der Waals surface area contributed by atoms with Crippen molar-refractivity contribution in [1.29, 1.82) is 0 Å². The van der Waals surface area contributed by atoms with Crippen LogP contribution in [-0.2, 0) is 9.59 Å². The summed E-state index contributed by atoms with van der Waals surface area (Å²) in [6.45, 7) is 3.29. The van der Waals surface area contributed by atoms with E-state index in [2.05, 4.69) is 5.32 Å². The fraction of sp³-hybridized carbons (Fsp3) is 0.227. The first kappa shape index (κ1) is 22.7. The first-order valence-electron chi connectivity index (χ1n) is 9.42. The van der Waals surface area contributed by atoms with E-state index >= 15 is 0 Å². The Kier molecular flexibility index (Phi) is 7.25. The van der Waals surface area contributed by atoms with Gasteiger partial charge >= 0.3 is 0 Å². The van der Waals surface area contributed by atoms with Crippen molar-refractivity contribution in [2.45, 2.75) is 19.9 Å². The molecule has 1 aliphatic rings. The molecule has 2 aromatic carbocycles. The van der Waals surface area contributed by atoms with E-state index in [9.17, 15) is 14.4 Å². The lowest BCUT2D eigenvalue weighted by molar-refractivity contribution is -0.123. The van der Waals surface area contributed by atoms with E-state index in [1.54, 1.807) is 44.2 Å². The van der Waals surface area contributed by atoms with Crippen LogP contribution in [-0.4, -0.2) is 41.7 Å². The summed E-state index contributed by atoms with van der Waals surface area (Å²) in [6, 6.07) is 12.0. The van der Waals surface area contributed by atoms with Crippen LogP contribution in [0.4, 0.5) is 10.5 Å². The van der Waals surface area contributed by atoms with E-state index in [0.29, 0.717) is 21.9 Å². The highest BCUT2D eigenvalue weighted by molar-refractivity contribution is 8.18. The maximum atomic E-state index is 12.5. The molecule has 2 aromatic rings. The number of anilines is 1. The average molecular weight is 461 g/mol. The molecule has 0 aromatic heterocycles. The highest BCUT2D eigenvalue weighted by Crippen LogP contribution is 2.39. The van der Waals surface area contributed by atoms with E-state index in [1.165, 1.54) is 12.0 Å². The Morgan fingerprint density at radius 2 is 1.94 bits per heavy atom. The van der Waals surface area contributed by atoms with Gasteiger partial charge in [-0.1, -0.05) is 29.8 Å². The molecule has 9 heteroatoms. The smallest absolute Gasteiger partial charge is 0.293 e. The Bertz CT molecular complexity index is 1040. The Hall–Kier alpha value is -2.97. The molecular weight excluding hydrogens is 440 g/mol. The van der Waals surface area contributed by atoms with Crippen LogP contribution >= 0.6 is 23.4 Å². The van der Waals surface area contributed by atoms with Crippen LogP contribution in [0.25, 0.3) is 6.08 Å². The maximum absolute atomic E-state index is 12.5. The maximum Gasteiger partial charge on any atom is 0.293 e. The van der Waals surface area contributed by atoms with Crippen LogP contribution in [0, 0.1) is 0 Å². The lowest BCUT2D eigenvalue weighted by Crippen LogP contribution is -2.34. The van der Waals surface area contributed by atoms with Gasteiger partial charge in [-0.25, -0.2) is 0 Å². The number of para-hydroxylation sites is 1. The number of nitrogens with zero attached hydrogens (tertiary/aromatic N) is 1. The molecule has 0 bridgehead atoms. The number of rotatable bonds is 7. The minimum atomic E-state index is -0.351. The molecule has 0 unspecified atom stereocenters. The van der Waals surface area contributed by atoms with Gasteiger partial charge in [0.25, 0.3) is 17.1 Å². The monoisotopic (exact) mass is 460 g/mol. The topological polar surface area (TPSA) is 84.9 Å². The number of thioether (sulfide) groups is 1. The summed E-state index contributed by atoms with van der Waals surface area (Å²) in [5.74, 6) is -0.192. The third-order valence-corrected chi connectivity index (χ3v) is 5.46. The molecule has 162 valence electrons. The van der Waals surface area contributed by atoms with Crippen molar-refractivity contribution in [3.05, 3.63) is 58.0 Å². The number of amides is 3. The van der Waals surface area contributed by atoms with Gasteiger partial charge in [-0.05, 0) is 61.5 Å². The van der Waals surface area contributed by atoms with Crippen LogP contribution in [0.3, 0.4) is 0 Å². The Balaban J connectivity index is 1.75. The summed E-state index contributed by atoms with van der Waals surface area (Å²) in [7, 11) is 1.44. The predicted octanol–water partition coefficient (Wildman–Crippen LogP) is 4.81. The minimum absolute atomic E-state index is 0.208. The summed E-state index contributed by atoms with van der Waals surface area (Å²) in [4.78, 5) is 38.2. The van der Waals surface area contributed by atoms with E-state index in [-0.39, 0.29) is 40.5 Å². The van der Waals surface area contributed by atoms with Gasteiger partial charge in [-0.2, -0.15) is 0 Å². The number of hydrogen-bond donors (Lipinski definition) is 1. The molecule has 0 atom stereocenters. The van der Waals surface area contributed by atoms with Gasteiger partial charge in [0, 0.05) is 11.7 Å². The standard InChI is InChI=1S/C22H21ClN2O5S/c1-13(2)25-21(27)18(31-22(25)28)11-14-9-16(23)20(17(10-14)29-3)30-12-19(26)24-15-7-5-4-6-8-15/h4-11,13H,12H2,1-3H3,(H,24,26)/b18-11+. The summed E-state index contributed by atoms with van der Waals surface area (Å²) in [6.07, 6.45) is 1.58. The van der Waals surface area contributed by atoms with Crippen molar-refractivity contribution in [1.82, 2.24) is 4.90 Å². The fourth-order valence-corrected chi connectivity index (χ4v) is 4.13. The van der Waals surface area contributed by atoms with Crippen molar-refractivity contribution in [3.63, 3.8) is 0 Å². The van der Waals surface area contributed by atoms with Gasteiger partial charge in [-0.15, -0.1) is 0 Å². The molecule has 1 N–H and O–H groups in total. The predicted molar refractivity (Wildman–Crippen MR) is 122 cm³/mol. The van der Waals surface area contributed by atoms with Crippen LogP contribution < -0.4 is 14.8 Å². The van der Waals surface area contributed by atoms with Gasteiger partial charge in [-0.3, -0.25) is 19.3 Å². The number of imide groups is 1. The SMILES string of the molecule is COc1cc(/C=C2/SC(=O)N(C(C)C)C2=O)cc(Cl)c1OCC(=O)Nc1ccccc1. The lowest BCUT2D eigenvalue weighted by atomic mass is 10.1.